The monoisotopic (exact) mass is 265 g/mol. The molecule has 4 nitrogen and oxygen atoms in total. The molecule has 4 heteroatoms. The first-order chi connectivity index (χ1) is 9.72. The van der Waals surface area contributed by atoms with Gasteiger partial charge in [0.2, 0.25) is 0 Å². The molecule has 2 aromatic heterocycles. The third-order valence-corrected chi connectivity index (χ3v) is 3.28. The summed E-state index contributed by atoms with van der Waals surface area (Å²) in [5, 5.41) is 5.15. The van der Waals surface area contributed by atoms with Crippen LogP contribution in [0.5, 0.6) is 0 Å². The van der Waals surface area contributed by atoms with Gasteiger partial charge in [-0.15, -0.1) is 0 Å². The van der Waals surface area contributed by atoms with E-state index < -0.39 is 0 Å². The average Bonchev–Trinajstić information content (AvgIpc) is 2.90. The maximum atomic E-state index is 12.2. The second-order valence-corrected chi connectivity index (χ2v) is 4.83. The Balaban J connectivity index is 1.75. The van der Waals surface area contributed by atoms with Gasteiger partial charge in [-0.3, -0.25) is 9.48 Å². The molecular weight excluding hydrogens is 250 g/mol. The van der Waals surface area contributed by atoms with E-state index in [9.17, 15) is 4.79 Å². The van der Waals surface area contributed by atoms with Gasteiger partial charge in [-0.2, -0.15) is 5.10 Å². The zero-order chi connectivity index (χ0) is 13.9. The number of Topliss-reactive ketones (excluding diaryl/α,β-unsaturated/α-hetero) is 1. The van der Waals surface area contributed by atoms with Crippen LogP contribution in [-0.2, 0) is 13.5 Å². The van der Waals surface area contributed by atoms with Gasteiger partial charge in [0.25, 0.3) is 0 Å². The molecule has 0 amide bonds. The highest BCUT2D eigenvalue weighted by Gasteiger charge is 2.09. The lowest BCUT2D eigenvalue weighted by molar-refractivity contribution is 0.0978. The number of aryl methyl sites for hydroxylation is 2. The van der Waals surface area contributed by atoms with Crippen molar-refractivity contribution in [2.45, 2.75) is 12.8 Å². The number of rotatable bonds is 4. The maximum absolute atomic E-state index is 12.2. The molecule has 0 radical (unpaired) electrons. The van der Waals surface area contributed by atoms with Gasteiger partial charge in [0.15, 0.2) is 5.78 Å². The van der Waals surface area contributed by atoms with Crippen LogP contribution in [0.4, 0.5) is 0 Å². The standard InChI is InChI=1S/C16H15N3O/c1-19-11-12(10-17-19)6-9-16(20)15-8-7-13-4-2-3-5-14(13)18-15/h2-5,7-8,10-11H,6,9H2,1H3. The van der Waals surface area contributed by atoms with Gasteiger partial charge in [0.05, 0.1) is 11.7 Å². The highest BCUT2D eigenvalue weighted by atomic mass is 16.1. The van der Waals surface area contributed by atoms with Crippen LogP contribution < -0.4 is 0 Å². The Bertz CT molecular complexity index is 761. The summed E-state index contributed by atoms with van der Waals surface area (Å²) in [5.74, 6) is 0.0691. The number of ketones is 1. The van der Waals surface area contributed by atoms with Crippen LogP contribution in [0.2, 0.25) is 0 Å². The summed E-state index contributed by atoms with van der Waals surface area (Å²) in [6.07, 6.45) is 4.88. The Morgan fingerprint density at radius 2 is 2.05 bits per heavy atom. The summed E-state index contributed by atoms with van der Waals surface area (Å²) < 4.78 is 1.74. The molecule has 2 heterocycles. The van der Waals surface area contributed by atoms with E-state index in [2.05, 4.69) is 10.1 Å². The van der Waals surface area contributed by atoms with Gasteiger partial charge in [-0.25, -0.2) is 4.98 Å². The second kappa shape index (κ2) is 5.25. The third-order valence-electron chi connectivity index (χ3n) is 3.28. The van der Waals surface area contributed by atoms with Crippen LogP contribution in [0.25, 0.3) is 10.9 Å². The summed E-state index contributed by atoms with van der Waals surface area (Å²) in [4.78, 5) is 16.6. The normalized spacial score (nSPS) is 10.8. The van der Waals surface area contributed by atoms with E-state index in [4.69, 9.17) is 0 Å². The van der Waals surface area contributed by atoms with Crippen LogP contribution in [-0.4, -0.2) is 20.5 Å². The number of hydrogen-bond donors (Lipinski definition) is 0. The second-order valence-electron chi connectivity index (χ2n) is 4.83. The van der Waals surface area contributed by atoms with Crippen LogP contribution in [0.3, 0.4) is 0 Å². The largest absolute Gasteiger partial charge is 0.292 e. The zero-order valence-corrected chi connectivity index (χ0v) is 11.3. The molecule has 0 aliphatic heterocycles. The molecule has 1 aromatic carbocycles. The van der Waals surface area contributed by atoms with E-state index in [1.165, 1.54) is 0 Å². The molecule has 0 aliphatic rings. The Morgan fingerprint density at radius 3 is 2.85 bits per heavy atom. The van der Waals surface area contributed by atoms with Gasteiger partial charge in [0.1, 0.15) is 5.69 Å². The van der Waals surface area contributed by atoms with Gasteiger partial charge in [-0.05, 0) is 24.1 Å². The summed E-state index contributed by atoms with van der Waals surface area (Å²) >= 11 is 0. The SMILES string of the molecule is Cn1cc(CCC(=O)c2ccc3ccccc3n2)cn1. The van der Waals surface area contributed by atoms with Crippen molar-refractivity contribution < 1.29 is 4.79 Å². The first-order valence-corrected chi connectivity index (χ1v) is 6.59. The highest BCUT2D eigenvalue weighted by Crippen LogP contribution is 2.13. The van der Waals surface area contributed by atoms with E-state index in [0.717, 1.165) is 16.5 Å². The Labute approximate surface area is 117 Å². The van der Waals surface area contributed by atoms with Crippen molar-refractivity contribution in [2.24, 2.45) is 7.05 Å². The molecule has 20 heavy (non-hydrogen) atoms. The summed E-state index contributed by atoms with van der Waals surface area (Å²) in [6, 6.07) is 11.6. The van der Waals surface area contributed by atoms with Crippen molar-refractivity contribution in [3.8, 4) is 0 Å². The Kier molecular flexibility index (Phi) is 3.29. The van der Waals surface area contributed by atoms with Crippen molar-refractivity contribution >= 4 is 16.7 Å². The minimum absolute atomic E-state index is 0.0691. The summed E-state index contributed by atoms with van der Waals surface area (Å²) in [5.41, 5.74) is 2.47. The van der Waals surface area contributed by atoms with Crippen LogP contribution in [0.15, 0.2) is 48.8 Å². The molecule has 3 aromatic rings. The lowest BCUT2D eigenvalue weighted by Crippen LogP contribution is -2.03. The van der Waals surface area contributed by atoms with Gasteiger partial charge in [-0.1, -0.05) is 24.3 Å². The number of nitrogens with zero attached hydrogens (tertiary/aromatic N) is 3. The molecule has 0 atom stereocenters. The number of fused-ring (bicyclic) bond motifs is 1. The molecule has 0 spiro atoms. The average molecular weight is 265 g/mol. The van der Waals surface area contributed by atoms with Crippen LogP contribution in [0, 0.1) is 0 Å². The Hall–Kier alpha value is -2.49. The number of aromatic nitrogens is 3. The van der Waals surface area contributed by atoms with E-state index in [0.29, 0.717) is 18.5 Å². The quantitative estimate of drug-likeness (QED) is 0.681. The fourth-order valence-electron chi connectivity index (χ4n) is 2.21. The van der Waals surface area contributed by atoms with Crippen LogP contribution >= 0.6 is 0 Å². The Morgan fingerprint density at radius 1 is 1.20 bits per heavy atom. The first-order valence-electron chi connectivity index (χ1n) is 6.59. The highest BCUT2D eigenvalue weighted by molar-refractivity contribution is 5.96. The lowest BCUT2D eigenvalue weighted by Gasteiger charge is -2.02. The zero-order valence-electron chi connectivity index (χ0n) is 11.3. The molecule has 0 fully saturated rings. The third kappa shape index (κ3) is 2.59. The van der Waals surface area contributed by atoms with Crippen molar-refractivity contribution in [3.63, 3.8) is 0 Å². The first kappa shape index (κ1) is 12.5. The van der Waals surface area contributed by atoms with Gasteiger partial charge < -0.3 is 0 Å². The van der Waals surface area contributed by atoms with E-state index in [1.54, 1.807) is 16.9 Å². The summed E-state index contributed by atoms with van der Waals surface area (Å²) in [6.45, 7) is 0. The molecule has 0 saturated heterocycles. The fourth-order valence-corrected chi connectivity index (χ4v) is 2.21. The molecule has 0 aliphatic carbocycles. The van der Waals surface area contributed by atoms with Crippen molar-refractivity contribution in [1.82, 2.24) is 14.8 Å². The number of pyridine rings is 1. The smallest absolute Gasteiger partial charge is 0.181 e. The molecule has 3 rings (SSSR count). The predicted octanol–water partition coefficient (Wildman–Crippen LogP) is 2.78. The number of carbonyl (C=O) groups excluding carboxylic acids is 1. The van der Waals surface area contributed by atoms with E-state index in [1.807, 2.05) is 43.6 Å². The number of para-hydroxylation sites is 1. The molecular formula is C16H15N3O. The van der Waals surface area contributed by atoms with Gasteiger partial charge >= 0.3 is 0 Å². The van der Waals surface area contributed by atoms with Crippen molar-refractivity contribution in [2.75, 3.05) is 0 Å². The molecule has 0 saturated carbocycles. The molecule has 0 N–H and O–H groups in total. The number of benzene rings is 1. The molecule has 100 valence electrons. The van der Waals surface area contributed by atoms with Crippen LogP contribution in [0.1, 0.15) is 22.5 Å². The molecule has 0 bridgehead atoms. The maximum Gasteiger partial charge on any atom is 0.181 e. The van der Waals surface area contributed by atoms with Crippen molar-refractivity contribution in [3.05, 3.63) is 60.0 Å². The number of carbonyl (C=O) groups is 1. The lowest BCUT2D eigenvalue weighted by atomic mass is 10.1. The van der Waals surface area contributed by atoms with Crippen molar-refractivity contribution in [1.29, 1.82) is 0 Å². The predicted molar refractivity (Wildman–Crippen MR) is 77.6 cm³/mol. The van der Waals surface area contributed by atoms with E-state index in [-0.39, 0.29) is 5.78 Å². The van der Waals surface area contributed by atoms with Gasteiger partial charge in [0, 0.05) is 25.1 Å². The topological polar surface area (TPSA) is 47.8 Å². The minimum atomic E-state index is 0.0691. The van der Waals surface area contributed by atoms with E-state index >= 15 is 0 Å². The minimum Gasteiger partial charge on any atom is -0.292 e. The summed E-state index contributed by atoms with van der Waals surface area (Å²) in [7, 11) is 1.87. The fraction of sp³-hybridized carbons (Fsp3) is 0.188. The molecule has 0 unspecified atom stereocenters. The number of hydrogen-bond acceptors (Lipinski definition) is 3.